The molecule has 3 aromatic rings. The van der Waals surface area contributed by atoms with Crippen molar-refractivity contribution < 1.29 is 55.3 Å². The Labute approximate surface area is 344 Å². The van der Waals surface area contributed by atoms with E-state index in [1.165, 1.54) is 25.0 Å². The third-order valence-electron chi connectivity index (χ3n) is 12.3. The van der Waals surface area contributed by atoms with Crippen LogP contribution in [-0.2, 0) is 30.6 Å². The molecule has 2 saturated carbocycles. The fraction of sp³-hybridized carbons (Fsp3) is 0.550. The van der Waals surface area contributed by atoms with E-state index in [-0.39, 0.29) is 42.4 Å². The first kappa shape index (κ1) is 42.7. The van der Waals surface area contributed by atoms with Crippen molar-refractivity contribution in [3.8, 4) is 17.3 Å². The summed E-state index contributed by atoms with van der Waals surface area (Å²) in [6, 6.07) is 4.42. The SMILES string of the molecule is CC[C@@H]1C[C@H](C)CCC=C[C@@H]2C[C@@]2(C(=O)NS(=O)(=O)C2(C)CC2)NC(=O)[C@@H]2C[C@@H](Oc3cc(-n4ccc(C(F)(F)F)n4)nc4cc(OC)ccc34)CN2C(=O)[C@H]1NC(=O)O. The predicted molar refractivity (Wildman–Crippen MR) is 210 cm³/mol. The highest BCUT2D eigenvalue weighted by Crippen LogP contribution is 2.48. The van der Waals surface area contributed by atoms with Gasteiger partial charge < -0.3 is 30.1 Å². The monoisotopic (exact) mass is 859 g/mol. The maximum atomic E-state index is 14.7. The summed E-state index contributed by atoms with van der Waals surface area (Å²) in [5.41, 5.74) is -2.52. The van der Waals surface area contributed by atoms with Gasteiger partial charge in [0.15, 0.2) is 11.5 Å². The number of carbonyl (C=O) groups excluding carboxylic acids is 3. The van der Waals surface area contributed by atoms with Crippen LogP contribution in [0.5, 0.6) is 11.5 Å². The molecule has 4 amide bonds. The van der Waals surface area contributed by atoms with Gasteiger partial charge in [-0.2, -0.15) is 18.3 Å². The zero-order valence-electron chi connectivity index (χ0n) is 33.5. The second kappa shape index (κ2) is 15.9. The fourth-order valence-electron chi connectivity index (χ4n) is 8.24. The van der Waals surface area contributed by atoms with Crippen LogP contribution >= 0.6 is 0 Å². The van der Waals surface area contributed by atoms with Gasteiger partial charge >= 0.3 is 12.3 Å². The Balaban J connectivity index is 1.26. The van der Waals surface area contributed by atoms with Gasteiger partial charge in [-0.15, -0.1) is 0 Å². The number of nitrogens with zero attached hydrogens (tertiary/aromatic N) is 4. The summed E-state index contributed by atoms with van der Waals surface area (Å²) in [4.78, 5) is 61.1. The normalized spacial score (nSPS) is 28.1. The van der Waals surface area contributed by atoms with E-state index in [1.54, 1.807) is 24.3 Å². The maximum absolute atomic E-state index is 14.7. The third kappa shape index (κ3) is 8.47. The fourth-order valence-corrected chi connectivity index (χ4v) is 9.55. The average molecular weight is 860 g/mol. The largest absolute Gasteiger partial charge is 0.497 e. The van der Waals surface area contributed by atoms with Gasteiger partial charge in [-0.05, 0) is 75.5 Å². The van der Waals surface area contributed by atoms with Crippen LogP contribution in [0, 0.1) is 17.8 Å². The standard InChI is InChI=1S/C40H48F3N7O9S/c1-5-23-16-22(2)8-6-7-9-24-20-39(24,36(53)48-60(56,57)38(3)13-14-38)46-34(51)29-18-26(21-49(29)35(52)33(23)45-37(54)55)59-30-19-32(50-15-12-31(47-50)40(41,42)43)44-28-17-25(58-4)10-11-27(28)30/h7,9-12,15,17,19,22-24,26,29,33,45H,5-6,8,13-14,16,18,20-21H2,1-4H3,(H,46,51)(H,48,53)(H,54,55)/t22-,23-,24-,26-,29+,33+,39-/m1/s1. The minimum Gasteiger partial charge on any atom is -0.497 e. The molecule has 324 valence electrons. The number of alkyl halides is 3. The quantitative estimate of drug-likeness (QED) is 0.217. The number of sulfonamides is 1. The number of allylic oxidation sites excluding steroid dienone is 1. The molecule has 2 aromatic heterocycles. The van der Waals surface area contributed by atoms with E-state index in [4.69, 9.17) is 9.47 Å². The minimum atomic E-state index is -4.72. The molecule has 2 aliphatic carbocycles. The average Bonchev–Trinajstić information content (AvgIpc) is 3.95. The van der Waals surface area contributed by atoms with Gasteiger partial charge in [-0.1, -0.05) is 32.4 Å². The highest BCUT2D eigenvalue weighted by Gasteiger charge is 2.63. The van der Waals surface area contributed by atoms with Crippen molar-refractivity contribution in [3.63, 3.8) is 0 Å². The number of methoxy groups -OCH3 is 1. The molecule has 0 bridgehead atoms. The van der Waals surface area contributed by atoms with Crippen LogP contribution in [0.25, 0.3) is 16.7 Å². The number of pyridine rings is 1. The van der Waals surface area contributed by atoms with Crippen LogP contribution in [0.3, 0.4) is 0 Å². The van der Waals surface area contributed by atoms with Crippen LogP contribution in [0.15, 0.2) is 48.7 Å². The summed E-state index contributed by atoms with van der Waals surface area (Å²) >= 11 is 0. The first-order chi connectivity index (χ1) is 28.3. The Morgan fingerprint density at radius 3 is 2.53 bits per heavy atom. The number of ether oxygens (including phenoxy) is 2. The van der Waals surface area contributed by atoms with Crippen LogP contribution in [0.4, 0.5) is 18.0 Å². The van der Waals surface area contributed by atoms with E-state index in [1.807, 2.05) is 19.9 Å². The number of hydrogen-bond acceptors (Lipinski definition) is 10. The molecule has 4 aliphatic rings. The summed E-state index contributed by atoms with van der Waals surface area (Å²) in [6.45, 7) is 5.15. The summed E-state index contributed by atoms with van der Waals surface area (Å²) in [5.74, 6) is -2.83. The van der Waals surface area contributed by atoms with Gasteiger partial charge in [0.25, 0.3) is 5.91 Å². The smallest absolute Gasteiger partial charge is 0.435 e. The number of amides is 4. The van der Waals surface area contributed by atoms with Gasteiger partial charge in [0, 0.05) is 36.1 Å². The molecule has 2 aliphatic heterocycles. The number of carbonyl (C=O) groups is 4. The molecule has 7 rings (SSSR count). The zero-order valence-corrected chi connectivity index (χ0v) is 34.3. The van der Waals surface area contributed by atoms with Crippen molar-refractivity contribution in [2.45, 2.75) is 107 Å². The van der Waals surface area contributed by atoms with Crippen molar-refractivity contribution >= 4 is 44.7 Å². The number of halogens is 3. The van der Waals surface area contributed by atoms with Crippen molar-refractivity contribution in [2.75, 3.05) is 13.7 Å². The summed E-state index contributed by atoms with van der Waals surface area (Å²) in [7, 11) is -2.65. The molecule has 20 heteroatoms. The predicted octanol–water partition coefficient (Wildman–Crippen LogP) is 4.71. The lowest BCUT2D eigenvalue weighted by molar-refractivity contribution is -0.142. The third-order valence-corrected chi connectivity index (χ3v) is 14.4. The second-order valence-corrected chi connectivity index (χ2v) is 18.8. The Kier molecular flexibility index (Phi) is 11.3. The topological polar surface area (TPSA) is 211 Å². The Bertz CT molecular complexity index is 2330. The summed E-state index contributed by atoms with van der Waals surface area (Å²) < 4.78 is 80.9. The van der Waals surface area contributed by atoms with Crippen LogP contribution in [0.1, 0.15) is 77.8 Å². The summed E-state index contributed by atoms with van der Waals surface area (Å²) in [6.07, 6.45) is 0.548. The van der Waals surface area contributed by atoms with Crippen molar-refractivity contribution in [3.05, 3.63) is 54.4 Å². The molecule has 1 aromatic carbocycles. The lowest BCUT2D eigenvalue weighted by Crippen LogP contribution is -2.59. The molecule has 3 fully saturated rings. The number of carboxylic acid groups (broad SMARTS) is 1. The highest BCUT2D eigenvalue weighted by atomic mass is 32.2. The molecule has 7 atom stereocenters. The molecule has 4 N–H and O–H groups in total. The number of fused-ring (bicyclic) bond motifs is 3. The zero-order chi connectivity index (χ0) is 43.4. The summed E-state index contributed by atoms with van der Waals surface area (Å²) in [5, 5.41) is 19.2. The first-order valence-corrected chi connectivity index (χ1v) is 21.4. The van der Waals surface area contributed by atoms with Gasteiger partial charge in [0.2, 0.25) is 21.8 Å². The number of rotatable bonds is 9. The molecule has 60 heavy (non-hydrogen) atoms. The van der Waals surface area contributed by atoms with Crippen LogP contribution in [0.2, 0.25) is 0 Å². The lowest BCUT2D eigenvalue weighted by Gasteiger charge is -2.33. The van der Waals surface area contributed by atoms with E-state index in [9.17, 15) is 45.9 Å². The molecule has 4 heterocycles. The Morgan fingerprint density at radius 1 is 1.13 bits per heavy atom. The number of hydrogen-bond donors (Lipinski definition) is 4. The number of nitrogens with one attached hydrogen (secondary N) is 3. The number of benzene rings is 1. The highest BCUT2D eigenvalue weighted by molar-refractivity contribution is 7.91. The van der Waals surface area contributed by atoms with Crippen molar-refractivity contribution in [1.29, 1.82) is 0 Å². The Hall–Kier alpha value is -5.40. The van der Waals surface area contributed by atoms with Gasteiger partial charge in [-0.25, -0.2) is 22.9 Å². The van der Waals surface area contributed by atoms with Crippen LogP contribution < -0.4 is 24.8 Å². The van der Waals surface area contributed by atoms with Gasteiger partial charge in [-0.3, -0.25) is 19.1 Å². The Morgan fingerprint density at radius 2 is 1.88 bits per heavy atom. The molecule has 1 saturated heterocycles. The molecular weight excluding hydrogens is 812 g/mol. The maximum Gasteiger partial charge on any atom is 0.435 e. The molecule has 0 unspecified atom stereocenters. The van der Waals surface area contributed by atoms with Crippen molar-refractivity contribution in [1.82, 2.24) is 35.0 Å². The van der Waals surface area contributed by atoms with Gasteiger partial charge in [0.1, 0.15) is 35.2 Å². The number of aromatic nitrogens is 3. The van der Waals surface area contributed by atoms with Crippen molar-refractivity contribution in [2.24, 2.45) is 17.8 Å². The second-order valence-electron chi connectivity index (χ2n) is 16.6. The molecule has 16 nitrogen and oxygen atoms in total. The van der Waals surface area contributed by atoms with E-state index in [2.05, 4.69) is 25.4 Å². The van der Waals surface area contributed by atoms with E-state index >= 15 is 0 Å². The molecule has 0 spiro atoms. The minimum absolute atomic E-state index is 0.0376. The molecule has 0 radical (unpaired) electrons. The van der Waals surface area contributed by atoms with E-state index < -0.39 is 86.0 Å². The van der Waals surface area contributed by atoms with E-state index in [0.717, 1.165) is 16.9 Å². The first-order valence-electron chi connectivity index (χ1n) is 19.9. The van der Waals surface area contributed by atoms with Crippen LogP contribution in [-0.4, -0.2) is 99.1 Å². The van der Waals surface area contributed by atoms with Gasteiger partial charge in [0.05, 0.1) is 23.9 Å². The molecular formula is C40H48F3N7O9S. The van der Waals surface area contributed by atoms with E-state index in [0.29, 0.717) is 49.7 Å². The lowest BCUT2D eigenvalue weighted by atomic mass is 9.85.